The number of para-hydroxylation sites is 2. The van der Waals surface area contributed by atoms with Gasteiger partial charge in [-0.1, -0.05) is 12.1 Å². The Morgan fingerprint density at radius 3 is 2.60 bits per heavy atom. The molecule has 3 heterocycles. The van der Waals surface area contributed by atoms with Crippen molar-refractivity contribution in [2.24, 2.45) is 0 Å². The number of carbonyl (C=O) groups is 2. The van der Waals surface area contributed by atoms with Crippen molar-refractivity contribution in [1.82, 2.24) is 9.47 Å². The van der Waals surface area contributed by atoms with Crippen molar-refractivity contribution >= 4 is 17.6 Å². The van der Waals surface area contributed by atoms with E-state index in [-0.39, 0.29) is 24.3 Å². The smallest absolute Gasteiger partial charge is 0.303 e. The van der Waals surface area contributed by atoms with Gasteiger partial charge in [0.25, 0.3) is 0 Å². The Morgan fingerprint density at radius 2 is 1.84 bits per heavy atom. The summed E-state index contributed by atoms with van der Waals surface area (Å²) in [5.74, 6) is -0.992. The molecule has 2 N–H and O–H groups in total. The molecule has 1 aromatic heterocycles. The summed E-state index contributed by atoms with van der Waals surface area (Å²) < 4.78 is 2.23. The molecule has 2 aliphatic heterocycles. The fourth-order valence-corrected chi connectivity index (χ4v) is 3.98. The van der Waals surface area contributed by atoms with Gasteiger partial charge in [-0.15, -0.1) is 0 Å². The number of hydrogen-bond donors (Lipinski definition) is 2. The summed E-state index contributed by atoms with van der Waals surface area (Å²) in [5.41, 5.74) is 3.30. The summed E-state index contributed by atoms with van der Waals surface area (Å²) in [4.78, 5) is 24.7. The van der Waals surface area contributed by atoms with E-state index >= 15 is 0 Å². The molecule has 0 aliphatic carbocycles. The van der Waals surface area contributed by atoms with E-state index in [0.29, 0.717) is 13.1 Å². The molecule has 2 aliphatic rings. The Balaban J connectivity index is 1.54. The number of rotatable bonds is 3. The van der Waals surface area contributed by atoms with E-state index in [4.69, 9.17) is 5.11 Å². The van der Waals surface area contributed by atoms with Gasteiger partial charge in [0.05, 0.1) is 23.3 Å². The van der Waals surface area contributed by atoms with Crippen molar-refractivity contribution in [3.63, 3.8) is 0 Å². The second kappa shape index (κ2) is 5.95. The Kier molecular flexibility index (Phi) is 3.75. The standard InChI is InChI=1S/C19H21N3O3/c23-17(7-8-18(24)25)21-12-9-19(10-13-21)16-6-3-11-22(16)15-5-2-1-4-14(15)20-19/h1-6,11,20H,7-10,12-13H2,(H,24,25). The maximum absolute atomic E-state index is 12.2. The number of nitrogens with zero attached hydrogens (tertiary/aromatic N) is 2. The van der Waals surface area contributed by atoms with Crippen molar-refractivity contribution in [3.05, 3.63) is 48.3 Å². The van der Waals surface area contributed by atoms with E-state index in [2.05, 4.69) is 40.3 Å². The molecule has 4 rings (SSSR count). The molecule has 1 fully saturated rings. The highest BCUT2D eigenvalue weighted by atomic mass is 16.4. The molecule has 1 aromatic carbocycles. The molecular formula is C19H21N3O3. The zero-order valence-corrected chi connectivity index (χ0v) is 13.9. The first-order chi connectivity index (χ1) is 12.1. The molecule has 130 valence electrons. The summed E-state index contributed by atoms with van der Waals surface area (Å²) in [6.45, 7) is 1.28. The fourth-order valence-electron chi connectivity index (χ4n) is 3.98. The van der Waals surface area contributed by atoms with Crippen LogP contribution in [0.4, 0.5) is 5.69 Å². The number of carboxylic acid groups (broad SMARTS) is 1. The second-order valence-corrected chi connectivity index (χ2v) is 6.76. The Hall–Kier alpha value is -2.76. The lowest BCUT2D eigenvalue weighted by Crippen LogP contribution is -2.51. The quantitative estimate of drug-likeness (QED) is 0.901. The Morgan fingerprint density at radius 1 is 1.08 bits per heavy atom. The van der Waals surface area contributed by atoms with Gasteiger partial charge >= 0.3 is 5.97 Å². The number of amides is 1. The average molecular weight is 339 g/mol. The molecule has 0 unspecified atom stereocenters. The van der Waals surface area contributed by atoms with Gasteiger partial charge in [-0.3, -0.25) is 9.59 Å². The van der Waals surface area contributed by atoms with Crippen molar-refractivity contribution in [3.8, 4) is 5.69 Å². The number of carboxylic acids is 1. The van der Waals surface area contributed by atoms with Crippen LogP contribution in [0.3, 0.4) is 0 Å². The predicted octanol–water partition coefficient (Wildman–Crippen LogP) is 2.59. The van der Waals surface area contributed by atoms with E-state index in [1.54, 1.807) is 4.90 Å². The summed E-state index contributed by atoms with van der Waals surface area (Å²) in [7, 11) is 0. The molecule has 2 aromatic rings. The number of anilines is 1. The molecule has 1 spiro atoms. The Bertz CT molecular complexity index is 819. The largest absolute Gasteiger partial charge is 0.481 e. The third-order valence-electron chi connectivity index (χ3n) is 5.30. The van der Waals surface area contributed by atoms with Crippen molar-refractivity contribution < 1.29 is 14.7 Å². The SMILES string of the molecule is O=C(O)CCC(=O)N1CCC2(CC1)Nc1ccccc1-n1cccc12. The number of benzene rings is 1. The molecule has 25 heavy (non-hydrogen) atoms. The molecule has 1 saturated heterocycles. The van der Waals surface area contributed by atoms with Crippen LogP contribution in [0.15, 0.2) is 42.6 Å². The average Bonchev–Trinajstić information content (AvgIpc) is 3.11. The van der Waals surface area contributed by atoms with E-state index in [0.717, 1.165) is 24.2 Å². The fraction of sp³-hybridized carbons (Fsp3) is 0.368. The highest BCUT2D eigenvalue weighted by molar-refractivity contribution is 5.81. The maximum Gasteiger partial charge on any atom is 0.303 e. The van der Waals surface area contributed by atoms with Crippen LogP contribution in [0.25, 0.3) is 5.69 Å². The molecule has 0 bridgehead atoms. The van der Waals surface area contributed by atoms with Crippen LogP contribution in [0, 0.1) is 0 Å². The number of piperidine rings is 1. The number of carbonyl (C=O) groups excluding carboxylic acids is 1. The third kappa shape index (κ3) is 2.67. The number of likely N-dealkylation sites (tertiary alicyclic amines) is 1. The zero-order valence-electron chi connectivity index (χ0n) is 13.9. The normalized spacial score (nSPS) is 17.5. The van der Waals surface area contributed by atoms with Crippen LogP contribution < -0.4 is 5.32 Å². The van der Waals surface area contributed by atoms with Gasteiger partial charge in [-0.2, -0.15) is 0 Å². The minimum absolute atomic E-state index is 0.0659. The molecule has 0 radical (unpaired) electrons. The van der Waals surface area contributed by atoms with Crippen LogP contribution in [0.2, 0.25) is 0 Å². The van der Waals surface area contributed by atoms with E-state index < -0.39 is 5.97 Å². The lowest BCUT2D eigenvalue weighted by Gasteiger charge is -2.46. The number of fused-ring (bicyclic) bond motifs is 4. The lowest BCUT2D eigenvalue weighted by atomic mass is 9.82. The van der Waals surface area contributed by atoms with Gasteiger partial charge in [0.15, 0.2) is 0 Å². The van der Waals surface area contributed by atoms with Gasteiger partial charge in [-0.05, 0) is 37.1 Å². The van der Waals surface area contributed by atoms with E-state index in [1.165, 1.54) is 5.69 Å². The lowest BCUT2D eigenvalue weighted by molar-refractivity contribution is -0.141. The number of aliphatic carboxylic acids is 1. The minimum atomic E-state index is -0.926. The highest BCUT2D eigenvalue weighted by Crippen LogP contribution is 2.43. The maximum atomic E-state index is 12.2. The van der Waals surface area contributed by atoms with Gasteiger partial charge in [0, 0.05) is 31.4 Å². The van der Waals surface area contributed by atoms with Crippen LogP contribution >= 0.6 is 0 Å². The molecule has 0 saturated carbocycles. The monoisotopic (exact) mass is 339 g/mol. The second-order valence-electron chi connectivity index (χ2n) is 6.76. The number of hydrogen-bond acceptors (Lipinski definition) is 3. The van der Waals surface area contributed by atoms with Crippen molar-refractivity contribution in [2.75, 3.05) is 18.4 Å². The van der Waals surface area contributed by atoms with E-state index in [1.807, 2.05) is 12.1 Å². The minimum Gasteiger partial charge on any atom is -0.481 e. The number of aromatic nitrogens is 1. The molecule has 1 amide bonds. The van der Waals surface area contributed by atoms with Crippen molar-refractivity contribution in [2.45, 2.75) is 31.2 Å². The molecular weight excluding hydrogens is 318 g/mol. The van der Waals surface area contributed by atoms with Crippen LogP contribution in [-0.2, 0) is 15.1 Å². The van der Waals surface area contributed by atoms with Gasteiger partial charge < -0.3 is 19.9 Å². The van der Waals surface area contributed by atoms with Crippen LogP contribution in [0.1, 0.15) is 31.4 Å². The van der Waals surface area contributed by atoms with Crippen molar-refractivity contribution in [1.29, 1.82) is 0 Å². The highest BCUT2D eigenvalue weighted by Gasteiger charge is 2.42. The summed E-state index contributed by atoms with van der Waals surface area (Å²) in [6.07, 6.45) is 3.68. The first kappa shape index (κ1) is 15.7. The molecule has 6 heteroatoms. The third-order valence-corrected chi connectivity index (χ3v) is 5.30. The van der Waals surface area contributed by atoms with Gasteiger partial charge in [-0.25, -0.2) is 0 Å². The van der Waals surface area contributed by atoms with Gasteiger partial charge in [0.1, 0.15) is 0 Å². The first-order valence-corrected chi connectivity index (χ1v) is 8.64. The van der Waals surface area contributed by atoms with Gasteiger partial charge in [0.2, 0.25) is 5.91 Å². The zero-order chi connectivity index (χ0) is 17.4. The predicted molar refractivity (Wildman–Crippen MR) is 93.8 cm³/mol. The Labute approximate surface area is 146 Å². The summed E-state index contributed by atoms with van der Waals surface area (Å²) in [5, 5.41) is 12.5. The molecule has 6 nitrogen and oxygen atoms in total. The number of nitrogens with one attached hydrogen (secondary N) is 1. The topological polar surface area (TPSA) is 74.6 Å². The summed E-state index contributed by atoms with van der Waals surface area (Å²) >= 11 is 0. The summed E-state index contributed by atoms with van der Waals surface area (Å²) in [6, 6.07) is 12.5. The van der Waals surface area contributed by atoms with Crippen LogP contribution in [0.5, 0.6) is 0 Å². The van der Waals surface area contributed by atoms with Crippen LogP contribution in [-0.4, -0.2) is 39.5 Å². The first-order valence-electron chi connectivity index (χ1n) is 8.64. The van der Waals surface area contributed by atoms with E-state index in [9.17, 15) is 9.59 Å². The molecule has 0 atom stereocenters.